The zero-order valence-electron chi connectivity index (χ0n) is 8.74. The van der Waals surface area contributed by atoms with Crippen LogP contribution in [0.1, 0.15) is 17.1 Å². The Labute approximate surface area is 103 Å². The number of nitrogens with zero attached hydrogens (tertiary/aromatic N) is 2. The molecule has 2 rings (SSSR count). The van der Waals surface area contributed by atoms with Gasteiger partial charge in [0, 0.05) is 17.8 Å². The predicted molar refractivity (Wildman–Crippen MR) is 65.7 cm³/mol. The van der Waals surface area contributed by atoms with Gasteiger partial charge >= 0.3 is 0 Å². The summed E-state index contributed by atoms with van der Waals surface area (Å²) < 4.78 is 0.846. The SMILES string of the molecule is Clc1ccc(CNCCCc2ncn[nH]2)s1. The largest absolute Gasteiger partial charge is 0.312 e. The molecule has 6 heteroatoms. The molecule has 2 aromatic heterocycles. The summed E-state index contributed by atoms with van der Waals surface area (Å²) >= 11 is 7.46. The highest BCUT2D eigenvalue weighted by Gasteiger charge is 1.98. The number of hydrogen-bond donors (Lipinski definition) is 2. The fourth-order valence-electron chi connectivity index (χ4n) is 1.39. The van der Waals surface area contributed by atoms with Crippen LogP contribution in [-0.2, 0) is 13.0 Å². The topological polar surface area (TPSA) is 53.6 Å². The van der Waals surface area contributed by atoms with Gasteiger partial charge in [0.15, 0.2) is 0 Å². The van der Waals surface area contributed by atoms with Crippen molar-refractivity contribution in [2.75, 3.05) is 6.54 Å². The van der Waals surface area contributed by atoms with E-state index in [1.165, 1.54) is 11.2 Å². The number of thiophene rings is 1. The molecule has 0 aliphatic rings. The zero-order chi connectivity index (χ0) is 11.2. The number of nitrogens with one attached hydrogen (secondary N) is 2. The van der Waals surface area contributed by atoms with E-state index in [9.17, 15) is 0 Å². The normalized spacial score (nSPS) is 10.8. The Kier molecular flexibility index (Phi) is 4.33. The molecule has 0 unspecified atom stereocenters. The molecule has 0 aromatic carbocycles. The molecule has 0 fully saturated rings. The van der Waals surface area contributed by atoms with E-state index in [4.69, 9.17) is 11.6 Å². The summed E-state index contributed by atoms with van der Waals surface area (Å²) in [4.78, 5) is 5.33. The molecule has 0 saturated heterocycles. The molecule has 0 bridgehead atoms. The van der Waals surface area contributed by atoms with E-state index < -0.39 is 0 Å². The van der Waals surface area contributed by atoms with Gasteiger partial charge in [-0.05, 0) is 25.1 Å². The summed E-state index contributed by atoms with van der Waals surface area (Å²) in [5, 5.41) is 10.0. The van der Waals surface area contributed by atoms with Gasteiger partial charge in [-0.15, -0.1) is 11.3 Å². The van der Waals surface area contributed by atoms with E-state index in [0.717, 1.165) is 36.1 Å². The molecule has 86 valence electrons. The fraction of sp³-hybridized carbons (Fsp3) is 0.400. The number of aromatic amines is 1. The number of aryl methyl sites for hydroxylation is 1. The van der Waals surface area contributed by atoms with Gasteiger partial charge < -0.3 is 5.32 Å². The predicted octanol–water partition coefficient (Wildman–Crippen LogP) is 2.24. The van der Waals surface area contributed by atoms with Crippen LogP contribution in [-0.4, -0.2) is 21.7 Å². The van der Waals surface area contributed by atoms with Crippen molar-refractivity contribution in [1.82, 2.24) is 20.5 Å². The number of aromatic nitrogens is 3. The first-order valence-electron chi connectivity index (χ1n) is 5.14. The Morgan fingerprint density at radius 1 is 1.44 bits per heavy atom. The summed E-state index contributed by atoms with van der Waals surface area (Å²) in [6, 6.07) is 3.98. The van der Waals surface area contributed by atoms with Crippen LogP contribution in [0.2, 0.25) is 4.34 Å². The summed E-state index contributed by atoms with van der Waals surface area (Å²) in [5.74, 6) is 0.945. The number of H-pyrrole nitrogens is 1. The third-order valence-electron chi connectivity index (χ3n) is 2.16. The molecule has 0 radical (unpaired) electrons. The molecule has 2 N–H and O–H groups in total. The molecular weight excluding hydrogens is 244 g/mol. The van der Waals surface area contributed by atoms with Crippen molar-refractivity contribution in [2.45, 2.75) is 19.4 Å². The highest BCUT2D eigenvalue weighted by atomic mass is 35.5. The van der Waals surface area contributed by atoms with Crippen molar-refractivity contribution in [3.05, 3.63) is 33.5 Å². The lowest BCUT2D eigenvalue weighted by Gasteiger charge is -2.01. The van der Waals surface area contributed by atoms with Gasteiger partial charge in [0.25, 0.3) is 0 Å². The second kappa shape index (κ2) is 5.98. The van der Waals surface area contributed by atoms with E-state index >= 15 is 0 Å². The molecule has 16 heavy (non-hydrogen) atoms. The van der Waals surface area contributed by atoms with Gasteiger partial charge in [0.1, 0.15) is 12.2 Å². The van der Waals surface area contributed by atoms with E-state index in [-0.39, 0.29) is 0 Å². The molecule has 0 aliphatic carbocycles. The van der Waals surface area contributed by atoms with Crippen molar-refractivity contribution in [3.63, 3.8) is 0 Å². The Morgan fingerprint density at radius 2 is 2.38 bits per heavy atom. The first-order valence-corrected chi connectivity index (χ1v) is 6.33. The van der Waals surface area contributed by atoms with Crippen LogP contribution in [0.5, 0.6) is 0 Å². The molecule has 0 saturated carbocycles. The van der Waals surface area contributed by atoms with Crippen molar-refractivity contribution in [3.8, 4) is 0 Å². The third-order valence-corrected chi connectivity index (χ3v) is 3.39. The standard InChI is InChI=1S/C10H13ClN4S/c11-9-4-3-8(16-9)6-12-5-1-2-10-13-7-14-15-10/h3-4,7,12H,1-2,5-6H2,(H,13,14,15). The average Bonchev–Trinajstić information content (AvgIpc) is 2.89. The Hall–Kier alpha value is -0.910. The van der Waals surface area contributed by atoms with E-state index in [0.29, 0.717) is 0 Å². The Balaban J connectivity index is 1.59. The second-order valence-electron chi connectivity index (χ2n) is 3.42. The second-order valence-corrected chi connectivity index (χ2v) is 5.22. The first-order chi connectivity index (χ1) is 7.84. The van der Waals surface area contributed by atoms with Crippen molar-refractivity contribution < 1.29 is 0 Å². The van der Waals surface area contributed by atoms with Crippen LogP contribution >= 0.6 is 22.9 Å². The maximum absolute atomic E-state index is 5.84. The summed E-state index contributed by atoms with van der Waals surface area (Å²) in [5.41, 5.74) is 0. The zero-order valence-corrected chi connectivity index (χ0v) is 10.3. The van der Waals surface area contributed by atoms with Gasteiger partial charge in [-0.1, -0.05) is 11.6 Å². The van der Waals surface area contributed by atoms with Gasteiger partial charge in [0.2, 0.25) is 0 Å². The third kappa shape index (κ3) is 3.59. The lowest BCUT2D eigenvalue weighted by atomic mass is 10.3. The number of halogens is 1. The molecule has 2 heterocycles. The molecule has 2 aromatic rings. The van der Waals surface area contributed by atoms with Crippen molar-refractivity contribution >= 4 is 22.9 Å². The van der Waals surface area contributed by atoms with E-state index in [1.807, 2.05) is 6.07 Å². The lowest BCUT2D eigenvalue weighted by Crippen LogP contribution is -2.14. The average molecular weight is 257 g/mol. The van der Waals surface area contributed by atoms with Gasteiger partial charge in [0.05, 0.1) is 4.34 Å². The quantitative estimate of drug-likeness (QED) is 0.780. The van der Waals surface area contributed by atoms with Gasteiger partial charge in [-0.25, -0.2) is 4.98 Å². The molecule has 0 aliphatic heterocycles. The summed E-state index contributed by atoms with van der Waals surface area (Å²) in [7, 11) is 0. The maximum atomic E-state index is 5.84. The Morgan fingerprint density at radius 3 is 3.06 bits per heavy atom. The van der Waals surface area contributed by atoms with Crippen LogP contribution in [0.4, 0.5) is 0 Å². The Bertz CT molecular complexity index is 412. The van der Waals surface area contributed by atoms with E-state index in [1.54, 1.807) is 11.3 Å². The van der Waals surface area contributed by atoms with Crippen LogP contribution < -0.4 is 5.32 Å². The van der Waals surface area contributed by atoms with Crippen LogP contribution in [0.15, 0.2) is 18.5 Å². The van der Waals surface area contributed by atoms with Gasteiger partial charge in [-0.2, -0.15) is 5.10 Å². The molecule has 0 spiro atoms. The monoisotopic (exact) mass is 256 g/mol. The molecular formula is C10H13ClN4S. The highest BCUT2D eigenvalue weighted by Crippen LogP contribution is 2.20. The summed E-state index contributed by atoms with van der Waals surface area (Å²) in [6.07, 6.45) is 3.52. The minimum absolute atomic E-state index is 0.846. The fourth-order valence-corrected chi connectivity index (χ4v) is 2.45. The minimum Gasteiger partial charge on any atom is -0.312 e. The van der Waals surface area contributed by atoms with Crippen molar-refractivity contribution in [1.29, 1.82) is 0 Å². The number of rotatable bonds is 6. The maximum Gasteiger partial charge on any atom is 0.137 e. The summed E-state index contributed by atoms with van der Waals surface area (Å²) in [6.45, 7) is 1.85. The van der Waals surface area contributed by atoms with Gasteiger partial charge in [-0.3, -0.25) is 5.10 Å². The molecule has 4 nitrogen and oxygen atoms in total. The van der Waals surface area contributed by atoms with Crippen molar-refractivity contribution in [2.24, 2.45) is 0 Å². The van der Waals surface area contributed by atoms with E-state index in [2.05, 4.69) is 26.6 Å². The van der Waals surface area contributed by atoms with Crippen LogP contribution in [0, 0.1) is 0 Å². The molecule has 0 atom stereocenters. The molecule has 0 amide bonds. The lowest BCUT2D eigenvalue weighted by molar-refractivity contribution is 0.644. The minimum atomic E-state index is 0.846. The smallest absolute Gasteiger partial charge is 0.137 e. The van der Waals surface area contributed by atoms with Crippen LogP contribution in [0.3, 0.4) is 0 Å². The number of hydrogen-bond acceptors (Lipinski definition) is 4. The van der Waals surface area contributed by atoms with Crippen LogP contribution in [0.25, 0.3) is 0 Å². The first kappa shape index (κ1) is 11.6. The highest BCUT2D eigenvalue weighted by molar-refractivity contribution is 7.16.